The Hall–Kier alpha value is -3.36. The third-order valence-electron chi connectivity index (χ3n) is 4.97. The van der Waals surface area contributed by atoms with Gasteiger partial charge in [-0.3, -0.25) is 0 Å². The maximum atomic E-state index is 14.1. The molecule has 0 bridgehead atoms. The number of fused-ring (bicyclic) bond motifs is 2. The monoisotopic (exact) mass is 381 g/mol. The zero-order chi connectivity index (χ0) is 19.3. The van der Waals surface area contributed by atoms with Crippen LogP contribution in [0.1, 0.15) is 18.1 Å². The molecule has 1 N–H and O–H groups in total. The summed E-state index contributed by atoms with van der Waals surface area (Å²) in [6.07, 6.45) is 3.46. The van der Waals surface area contributed by atoms with E-state index in [2.05, 4.69) is 25.6 Å². The third-order valence-corrected chi connectivity index (χ3v) is 4.97. The normalized spacial score (nSPS) is 16.3. The van der Waals surface area contributed by atoms with Gasteiger partial charge in [-0.05, 0) is 37.6 Å². The maximum Gasteiger partial charge on any atom is 0.178 e. The molecule has 1 atom stereocenters. The van der Waals surface area contributed by atoms with Crippen LogP contribution in [-0.2, 0) is 13.0 Å². The summed E-state index contributed by atoms with van der Waals surface area (Å²) in [4.78, 5) is 4.54. The summed E-state index contributed by atoms with van der Waals surface area (Å²) in [7, 11) is 0. The van der Waals surface area contributed by atoms with Crippen molar-refractivity contribution in [3.8, 4) is 11.3 Å². The lowest BCUT2D eigenvalue weighted by Gasteiger charge is -2.25. The van der Waals surface area contributed by atoms with E-state index >= 15 is 0 Å². The van der Waals surface area contributed by atoms with E-state index < -0.39 is 11.6 Å². The number of nitrogens with one attached hydrogen (secondary N) is 1. The van der Waals surface area contributed by atoms with Gasteiger partial charge in [0.15, 0.2) is 11.5 Å². The van der Waals surface area contributed by atoms with Gasteiger partial charge in [-0.2, -0.15) is 4.52 Å². The van der Waals surface area contributed by atoms with E-state index in [9.17, 15) is 8.78 Å². The molecule has 3 aromatic heterocycles. The SMILES string of the molecule is Cc1nnc2ccc(NC3CCc4nc(-c5ccc(F)cc5F)cn4C3)nn12. The molecule has 1 aliphatic rings. The van der Waals surface area contributed by atoms with Crippen molar-refractivity contribution in [2.75, 3.05) is 5.32 Å². The number of aromatic nitrogens is 6. The number of halogens is 2. The van der Waals surface area contributed by atoms with E-state index in [0.717, 1.165) is 36.4 Å². The van der Waals surface area contributed by atoms with E-state index in [0.29, 0.717) is 23.4 Å². The predicted octanol–water partition coefficient (Wildman–Crippen LogP) is 3.00. The molecule has 0 saturated heterocycles. The van der Waals surface area contributed by atoms with Gasteiger partial charge in [0.05, 0.1) is 5.69 Å². The van der Waals surface area contributed by atoms with Crippen molar-refractivity contribution in [2.45, 2.75) is 32.4 Å². The summed E-state index contributed by atoms with van der Waals surface area (Å²) in [5.74, 6) is 1.17. The molecule has 142 valence electrons. The highest BCUT2D eigenvalue weighted by Crippen LogP contribution is 2.26. The zero-order valence-corrected chi connectivity index (χ0v) is 15.1. The largest absolute Gasteiger partial charge is 0.364 e. The van der Waals surface area contributed by atoms with Crippen LogP contribution in [0.3, 0.4) is 0 Å². The highest BCUT2D eigenvalue weighted by Gasteiger charge is 2.22. The average Bonchev–Trinajstić information content (AvgIpc) is 3.25. The van der Waals surface area contributed by atoms with E-state index in [1.807, 2.05) is 29.8 Å². The third kappa shape index (κ3) is 2.88. The van der Waals surface area contributed by atoms with E-state index in [4.69, 9.17) is 0 Å². The molecule has 4 heterocycles. The minimum atomic E-state index is -0.605. The first-order valence-corrected chi connectivity index (χ1v) is 9.04. The second-order valence-electron chi connectivity index (χ2n) is 6.93. The lowest BCUT2D eigenvalue weighted by molar-refractivity contribution is 0.475. The van der Waals surface area contributed by atoms with Crippen LogP contribution in [0.15, 0.2) is 36.5 Å². The average molecular weight is 381 g/mol. The van der Waals surface area contributed by atoms with Crippen LogP contribution in [0.25, 0.3) is 16.9 Å². The lowest BCUT2D eigenvalue weighted by atomic mass is 10.1. The Bertz CT molecular complexity index is 1180. The number of imidazole rings is 1. The predicted molar refractivity (Wildman–Crippen MR) is 98.8 cm³/mol. The summed E-state index contributed by atoms with van der Waals surface area (Å²) in [5.41, 5.74) is 1.53. The molecule has 1 aliphatic heterocycles. The van der Waals surface area contributed by atoms with Gasteiger partial charge in [0.25, 0.3) is 0 Å². The molecule has 0 radical (unpaired) electrons. The van der Waals surface area contributed by atoms with Crippen molar-refractivity contribution < 1.29 is 8.78 Å². The Morgan fingerprint density at radius 2 is 2.04 bits per heavy atom. The van der Waals surface area contributed by atoms with Crippen LogP contribution >= 0.6 is 0 Å². The molecule has 5 rings (SSSR count). The number of nitrogens with zero attached hydrogens (tertiary/aromatic N) is 6. The van der Waals surface area contributed by atoms with Gasteiger partial charge in [0.1, 0.15) is 23.3 Å². The molecule has 0 saturated carbocycles. The molecule has 9 heteroatoms. The topological polar surface area (TPSA) is 72.9 Å². The Morgan fingerprint density at radius 3 is 2.89 bits per heavy atom. The van der Waals surface area contributed by atoms with Crippen molar-refractivity contribution in [1.82, 2.24) is 29.4 Å². The molecular weight excluding hydrogens is 364 g/mol. The van der Waals surface area contributed by atoms with E-state index in [-0.39, 0.29) is 6.04 Å². The van der Waals surface area contributed by atoms with Crippen molar-refractivity contribution in [2.24, 2.45) is 0 Å². The first kappa shape index (κ1) is 16.8. The number of hydrogen-bond acceptors (Lipinski definition) is 5. The standard InChI is InChI=1S/C19H17F2N7/c1-11-24-25-19-7-5-17(26-28(11)19)22-13-3-6-18-23-16(10-27(18)9-13)14-4-2-12(20)8-15(14)21/h2,4-5,7-8,10,13H,3,6,9H2,1H3,(H,22,26). The zero-order valence-electron chi connectivity index (χ0n) is 15.1. The lowest BCUT2D eigenvalue weighted by Crippen LogP contribution is -2.31. The first-order chi connectivity index (χ1) is 13.6. The molecule has 1 unspecified atom stereocenters. The van der Waals surface area contributed by atoms with E-state index in [1.165, 1.54) is 12.1 Å². The minimum absolute atomic E-state index is 0.161. The van der Waals surface area contributed by atoms with Gasteiger partial charge in [0.2, 0.25) is 0 Å². The number of anilines is 1. The smallest absolute Gasteiger partial charge is 0.178 e. The highest BCUT2D eigenvalue weighted by molar-refractivity contribution is 5.59. The van der Waals surface area contributed by atoms with Crippen molar-refractivity contribution in [1.29, 1.82) is 0 Å². The Kier molecular flexibility index (Phi) is 3.81. The summed E-state index contributed by atoms with van der Waals surface area (Å²) < 4.78 is 31.0. The number of aryl methyl sites for hydroxylation is 2. The molecular formula is C19H17F2N7. The summed E-state index contributed by atoms with van der Waals surface area (Å²) >= 11 is 0. The highest BCUT2D eigenvalue weighted by atomic mass is 19.1. The Morgan fingerprint density at radius 1 is 1.14 bits per heavy atom. The van der Waals surface area contributed by atoms with Crippen LogP contribution in [0.2, 0.25) is 0 Å². The van der Waals surface area contributed by atoms with Crippen molar-refractivity contribution in [3.05, 3.63) is 59.8 Å². The van der Waals surface area contributed by atoms with Crippen LogP contribution in [0, 0.1) is 18.6 Å². The Labute approximate surface area is 159 Å². The molecule has 1 aromatic carbocycles. The van der Waals surface area contributed by atoms with Crippen molar-refractivity contribution >= 4 is 11.5 Å². The first-order valence-electron chi connectivity index (χ1n) is 9.04. The van der Waals surface area contributed by atoms with Crippen molar-refractivity contribution in [3.63, 3.8) is 0 Å². The van der Waals surface area contributed by atoms with Gasteiger partial charge >= 0.3 is 0 Å². The summed E-state index contributed by atoms with van der Waals surface area (Å²) in [6.45, 7) is 2.54. The second-order valence-corrected chi connectivity index (χ2v) is 6.93. The fourth-order valence-electron chi connectivity index (χ4n) is 3.57. The molecule has 0 spiro atoms. The van der Waals surface area contributed by atoms with Gasteiger partial charge in [-0.1, -0.05) is 0 Å². The number of rotatable bonds is 3. The summed E-state index contributed by atoms with van der Waals surface area (Å²) in [6, 6.07) is 7.47. The van der Waals surface area contributed by atoms with Crippen LogP contribution in [-0.4, -0.2) is 35.4 Å². The van der Waals surface area contributed by atoms with Gasteiger partial charge in [0, 0.05) is 36.8 Å². The fraction of sp³-hybridized carbons (Fsp3) is 0.263. The fourth-order valence-corrected chi connectivity index (χ4v) is 3.57. The van der Waals surface area contributed by atoms with Crippen LogP contribution in [0.5, 0.6) is 0 Å². The maximum absolute atomic E-state index is 14.1. The molecule has 4 aromatic rings. The van der Waals surface area contributed by atoms with E-state index in [1.54, 1.807) is 4.52 Å². The second kappa shape index (κ2) is 6.36. The molecule has 28 heavy (non-hydrogen) atoms. The van der Waals surface area contributed by atoms with Crippen LogP contribution in [0.4, 0.5) is 14.6 Å². The molecule has 7 nitrogen and oxygen atoms in total. The number of benzene rings is 1. The van der Waals surface area contributed by atoms with Gasteiger partial charge < -0.3 is 9.88 Å². The quantitative estimate of drug-likeness (QED) is 0.591. The minimum Gasteiger partial charge on any atom is -0.364 e. The van der Waals surface area contributed by atoms with Crippen LogP contribution < -0.4 is 5.32 Å². The van der Waals surface area contributed by atoms with Gasteiger partial charge in [-0.15, -0.1) is 15.3 Å². The Balaban J connectivity index is 1.37. The van der Waals surface area contributed by atoms with Gasteiger partial charge in [-0.25, -0.2) is 13.8 Å². The molecule has 0 amide bonds. The molecule has 0 fully saturated rings. The summed E-state index contributed by atoms with van der Waals surface area (Å²) in [5, 5.41) is 16.0. The molecule has 0 aliphatic carbocycles. The number of hydrogen-bond donors (Lipinski definition) is 1.